The van der Waals surface area contributed by atoms with Crippen LogP contribution in [0.3, 0.4) is 0 Å². The molecule has 1 saturated heterocycles. The van der Waals surface area contributed by atoms with Crippen molar-refractivity contribution in [2.24, 2.45) is 5.92 Å². The molecule has 0 aliphatic carbocycles. The highest BCUT2D eigenvalue weighted by Gasteiger charge is 2.22. The lowest BCUT2D eigenvalue weighted by atomic mass is 9.92. The van der Waals surface area contributed by atoms with Crippen molar-refractivity contribution in [1.29, 1.82) is 0 Å². The van der Waals surface area contributed by atoms with E-state index >= 15 is 0 Å². The predicted molar refractivity (Wildman–Crippen MR) is 85.7 cm³/mol. The van der Waals surface area contributed by atoms with E-state index in [1.165, 1.54) is 18.4 Å². The van der Waals surface area contributed by atoms with E-state index in [2.05, 4.69) is 17.6 Å². The van der Waals surface area contributed by atoms with Gasteiger partial charge in [0.2, 0.25) is 0 Å². The van der Waals surface area contributed by atoms with E-state index < -0.39 is 0 Å². The lowest BCUT2D eigenvalue weighted by Gasteiger charge is -2.29. The van der Waals surface area contributed by atoms with Gasteiger partial charge in [0.25, 0.3) is 5.91 Å². The first-order valence-electron chi connectivity index (χ1n) is 7.17. The van der Waals surface area contributed by atoms with Crippen LogP contribution in [0.25, 0.3) is 0 Å². The number of hydrogen-bond acceptors (Lipinski definition) is 2. The highest BCUT2D eigenvalue weighted by molar-refractivity contribution is 5.96. The van der Waals surface area contributed by atoms with Crippen molar-refractivity contribution >= 4 is 18.3 Å². The standard InChI is InChI=1S/C16H24N2O.ClH/c1-11-6-4-8-15(12(11)2)16(19)18-13(3)14-7-5-9-17-10-14;/h4,6,8,13-14,17H,5,7,9-10H2,1-3H3,(H,18,19);1H. The monoisotopic (exact) mass is 296 g/mol. The molecule has 0 spiro atoms. The van der Waals surface area contributed by atoms with Crippen molar-refractivity contribution < 1.29 is 4.79 Å². The van der Waals surface area contributed by atoms with Gasteiger partial charge in [-0.05, 0) is 69.8 Å². The Morgan fingerprint density at radius 2 is 2.15 bits per heavy atom. The first-order valence-corrected chi connectivity index (χ1v) is 7.17. The highest BCUT2D eigenvalue weighted by Crippen LogP contribution is 2.16. The summed E-state index contributed by atoms with van der Waals surface area (Å²) in [7, 11) is 0. The van der Waals surface area contributed by atoms with Crippen molar-refractivity contribution in [3.63, 3.8) is 0 Å². The van der Waals surface area contributed by atoms with Gasteiger partial charge in [0.15, 0.2) is 0 Å². The van der Waals surface area contributed by atoms with Crippen molar-refractivity contribution in [2.75, 3.05) is 13.1 Å². The van der Waals surface area contributed by atoms with Gasteiger partial charge in [0.05, 0.1) is 0 Å². The van der Waals surface area contributed by atoms with Crippen LogP contribution in [0.5, 0.6) is 0 Å². The Morgan fingerprint density at radius 3 is 2.80 bits per heavy atom. The van der Waals surface area contributed by atoms with Gasteiger partial charge in [-0.1, -0.05) is 12.1 Å². The van der Waals surface area contributed by atoms with Crippen LogP contribution in [0.15, 0.2) is 18.2 Å². The molecule has 0 saturated carbocycles. The fourth-order valence-electron chi connectivity index (χ4n) is 2.71. The molecule has 2 N–H and O–H groups in total. The maximum absolute atomic E-state index is 12.3. The molecule has 3 nitrogen and oxygen atoms in total. The van der Waals surface area contributed by atoms with Gasteiger partial charge in [-0.3, -0.25) is 4.79 Å². The third-order valence-corrected chi connectivity index (χ3v) is 4.25. The first kappa shape index (κ1) is 17.0. The summed E-state index contributed by atoms with van der Waals surface area (Å²) in [5.74, 6) is 0.599. The zero-order valence-corrected chi connectivity index (χ0v) is 13.3. The maximum atomic E-state index is 12.3. The third kappa shape index (κ3) is 3.97. The number of carbonyl (C=O) groups excluding carboxylic acids is 1. The van der Waals surface area contributed by atoms with Gasteiger partial charge in [0, 0.05) is 11.6 Å². The van der Waals surface area contributed by atoms with Crippen LogP contribution in [0.4, 0.5) is 0 Å². The maximum Gasteiger partial charge on any atom is 0.251 e. The summed E-state index contributed by atoms with van der Waals surface area (Å²) in [5, 5.41) is 6.55. The Hall–Kier alpha value is -1.06. The molecule has 2 atom stereocenters. The van der Waals surface area contributed by atoms with E-state index in [0.717, 1.165) is 24.2 Å². The number of aryl methyl sites for hydroxylation is 1. The topological polar surface area (TPSA) is 41.1 Å². The summed E-state index contributed by atoms with van der Waals surface area (Å²) < 4.78 is 0. The van der Waals surface area contributed by atoms with Crippen molar-refractivity contribution in [3.05, 3.63) is 34.9 Å². The number of hydrogen-bond donors (Lipinski definition) is 2. The van der Waals surface area contributed by atoms with Crippen LogP contribution < -0.4 is 10.6 Å². The van der Waals surface area contributed by atoms with Gasteiger partial charge in [0.1, 0.15) is 0 Å². The Labute approximate surface area is 127 Å². The summed E-state index contributed by atoms with van der Waals surface area (Å²) in [6.07, 6.45) is 2.40. The number of rotatable bonds is 3. The molecule has 0 radical (unpaired) electrons. The van der Waals surface area contributed by atoms with E-state index in [9.17, 15) is 4.79 Å². The highest BCUT2D eigenvalue weighted by atomic mass is 35.5. The fourth-order valence-corrected chi connectivity index (χ4v) is 2.71. The van der Waals surface area contributed by atoms with Gasteiger partial charge in [-0.15, -0.1) is 12.4 Å². The molecule has 2 unspecified atom stereocenters. The quantitative estimate of drug-likeness (QED) is 0.900. The molecule has 1 aromatic rings. The minimum Gasteiger partial charge on any atom is -0.349 e. The van der Waals surface area contributed by atoms with E-state index in [4.69, 9.17) is 0 Å². The lowest BCUT2D eigenvalue weighted by Crippen LogP contribution is -2.44. The SMILES string of the molecule is Cc1cccc(C(=O)NC(C)C2CCCNC2)c1C.Cl. The predicted octanol–water partition coefficient (Wildman–Crippen LogP) is 2.84. The zero-order chi connectivity index (χ0) is 13.8. The van der Waals surface area contributed by atoms with E-state index in [1.54, 1.807) is 0 Å². The molecular weight excluding hydrogens is 272 g/mol. The Kier molecular flexibility index (Phi) is 6.50. The second-order valence-corrected chi connectivity index (χ2v) is 5.62. The summed E-state index contributed by atoms with van der Waals surface area (Å²) in [5.41, 5.74) is 3.05. The fraction of sp³-hybridized carbons (Fsp3) is 0.562. The van der Waals surface area contributed by atoms with Crippen LogP contribution in [0.2, 0.25) is 0 Å². The molecular formula is C16H25ClN2O. The van der Waals surface area contributed by atoms with Gasteiger partial charge in [-0.25, -0.2) is 0 Å². The number of piperidine rings is 1. The minimum atomic E-state index is 0. The second kappa shape index (κ2) is 7.65. The normalized spacial score (nSPS) is 19.9. The zero-order valence-electron chi connectivity index (χ0n) is 12.5. The lowest BCUT2D eigenvalue weighted by molar-refractivity contribution is 0.0921. The number of carbonyl (C=O) groups is 1. The van der Waals surface area contributed by atoms with E-state index in [-0.39, 0.29) is 24.4 Å². The first-order chi connectivity index (χ1) is 9.09. The van der Waals surface area contributed by atoms with Crippen LogP contribution in [-0.2, 0) is 0 Å². The summed E-state index contributed by atoms with van der Waals surface area (Å²) in [6, 6.07) is 6.12. The molecule has 4 heteroatoms. The second-order valence-electron chi connectivity index (χ2n) is 5.62. The van der Waals surface area contributed by atoms with Crippen molar-refractivity contribution in [1.82, 2.24) is 10.6 Å². The summed E-state index contributed by atoms with van der Waals surface area (Å²) in [4.78, 5) is 12.3. The molecule has 1 aliphatic heterocycles. The van der Waals surface area contributed by atoms with Crippen LogP contribution in [-0.4, -0.2) is 25.0 Å². The molecule has 1 heterocycles. The van der Waals surface area contributed by atoms with Crippen molar-refractivity contribution in [2.45, 2.75) is 39.7 Å². The van der Waals surface area contributed by atoms with E-state index in [0.29, 0.717) is 5.92 Å². The molecule has 20 heavy (non-hydrogen) atoms. The largest absolute Gasteiger partial charge is 0.349 e. The minimum absolute atomic E-state index is 0. The van der Waals surface area contributed by atoms with Crippen LogP contribution >= 0.6 is 12.4 Å². The molecule has 1 amide bonds. The number of nitrogens with one attached hydrogen (secondary N) is 2. The summed E-state index contributed by atoms with van der Waals surface area (Å²) >= 11 is 0. The van der Waals surface area contributed by atoms with Gasteiger partial charge < -0.3 is 10.6 Å². The summed E-state index contributed by atoms with van der Waals surface area (Å²) in [6.45, 7) is 8.28. The van der Waals surface area contributed by atoms with Crippen LogP contribution in [0, 0.1) is 19.8 Å². The number of benzene rings is 1. The Balaban J connectivity index is 0.00000200. The average molecular weight is 297 g/mol. The number of amides is 1. The van der Waals surface area contributed by atoms with Gasteiger partial charge >= 0.3 is 0 Å². The van der Waals surface area contributed by atoms with E-state index in [1.807, 2.05) is 32.0 Å². The molecule has 0 aromatic heterocycles. The molecule has 2 rings (SSSR count). The van der Waals surface area contributed by atoms with Crippen molar-refractivity contribution in [3.8, 4) is 0 Å². The molecule has 0 bridgehead atoms. The molecule has 1 aliphatic rings. The van der Waals surface area contributed by atoms with Crippen LogP contribution in [0.1, 0.15) is 41.3 Å². The Morgan fingerprint density at radius 1 is 1.40 bits per heavy atom. The molecule has 1 fully saturated rings. The smallest absolute Gasteiger partial charge is 0.251 e. The number of halogens is 1. The molecule has 1 aromatic carbocycles. The third-order valence-electron chi connectivity index (χ3n) is 4.25. The molecule has 112 valence electrons. The average Bonchev–Trinajstić information content (AvgIpc) is 2.42. The Bertz CT molecular complexity index is 456. The van der Waals surface area contributed by atoms with Gasteiger partial charge in [-0.2, -0.15) is 0 Å².